The van der Waals surface area contributed by atoms with Crippen LogP contribution in [0.5, 0.6) is 5.75 Å². The van der Waals surface area contributed by atoms with E-state index in [-0.39, 0.29) is 11.7 Å². The van der Waals surface area contributed by atoms with Gasteiger partial charge in [0.05, 0.1) is 12.9 Å². The zero-order valence-corrected chi connectivity index (χ0v) is 18.6. The molecule has 0 atom stereocenters. The summed E-state index contributed by atoms with van der Waals surface area (Å²) < 4.78 is 7.25. The van der Waals surface area contributed by atoms with Crippen molar-refractivity contribution >= 4 is 45.0 Å². The van der Waals surface area contributed by atoms with Crippen molar-refractivity contribution in [1.82, 2.24) is 24.7 Å². The monoisotopic (exact) mass is 462 g/mol. The predicted molar refractivity (Wildman–Crippen MR) is 127 cm³/mol. The molecular formula is C22H18N6O2S2. The number of hydrogen-bond acceptors (Lipinski definition) is 7. The Bertz CT molecular complexity index is 1360. The van der Waals surface area contributed by atoms with Crippen molar-refractivity contribution < 1.29 is 9.53 Å². The van der Waals surface area contributed by atoms with E-state index in [1.807, 2.05) is 64.7 Å². The maximum absolute atomic E-state index is 12.4. The fourth-order valence-electron chi connectivity index (χ4n) is 3.33. The number of rotatable bonds is 7. The summed E-state index contributed by atoms with van der Waals surface area (Å²) in [4.78, 5) is 19.8. The van der Waals surface area contributed by atoms with Gasteiger partial charge in [-0.15, -0.1) is 21.5 Å². The molecule has 0 aliphatic heterocycles. The lowest BCUT2D eigenvalue weighted by Gasteiger charge is -2.11. The molecule has 0 spiro atoms. The van der Waals surface area contributed by atoms with Gasteiger partial charge in [0, 0.05) is 39.9 Å². The first kappa shape index (κ1) is 20.3. The van der Waals surface area contributed by atoms with Crippen molar-refractivity contribution in [2.75, 3.05) is 18.2 Å². The van der Waals surface area contributed by atoms with Gasteiger partial charge in [0.1, 0.15) is 5.75 Å². The van der Waals surface area contributed by atoms with Gasteiger partial charge in [0.15, 0.2) is 16.1 Å². The highest BCUT2D eigenvalue weighted by atomic mass is 32.2. The van der Waals surface area contributed by atoms with Crippen LogP contribution in [-0.4, -0.2) is 43.5 Å². The molecule has 2 N–H and O–H groups in total. The lowest BCUT2D eigenvalue weighted by atomic mass is 10.1. The molecular weight excluding hydrogens is 444 g/mol. The molecule has 0 radical (unpaired) electrons. The number of H-pyrrole nitrogens is 1. The quantitative estimate of drug-likeness (QED) is 0.343. The Balaban J connectivity index is 1.51. The SMILES string of the molecule is COc1ccc(-n2c(SCC(=O)Nc3nccs3)nnc2-c2c[nH]c3ccccc23)cc1. The number of aromatic nitrogens is 5. The van der Waals surface area contributed by atoms with Gasteiger partial charge in [-0.05, 0) is 30.3 Å². The van der Waals surface area contributed by atoms with E-state index in [4.69, 9.17) is 4.74 Å². The second kappa shape index (κ2) is 8.85. The molecule has 3 heterocycles. The minimum Gasteiger partial charge on any atom is -0.497 e. The van der Waals surface area contributed by atoms with Crippen LogP contribution < -0.4 is 10.1 Å². The van der Waals surface area contributed by atoms with Crippen LogP contribution in [0.2, 0.25) is 0 Å². The lowest BCUT2D eigenvalue weighted by Crippen LogP contribution is -2.14. The van der Waals surface area contributed by atoms with Crippen molar-refractivity contribution in [1.29, 1.82) is 0 Å². The van der Waals surface area contributed by atoms with Crippen LogP contribution >= 0.6 is 23.1 Å². The number of thioether (sulfide) groups is 1. The van der Waals surface area contributed by atoms with E-state index in [0.29, 0.717) is 16.1 Å². The van der Waals surface area contributed by atoms with Crippen molar-refractivity contribution in [2.45, 2.75) is 5.16 Å². The average Bonchev–Trinajstić information content (AvgIpc) is 3.57. The van der Waals surface area contributed by atoms with Crippen LogP contribution in [0.15, 0.2) is 71.5 Å². The normalized spacial score (nSPS) is 11.0. The number of nitrogens with one attached hydrogen (secondary N) is 2. The van der Waals surface area contributed by atoms with Gasteiger partial charge in [0.25, 0.3) is 0 Å². The van der Waals surface area contributed by atoms with E-state index < -0.39 is 0 Å². The first-order valence-electron chi connectivity index (χ1n) is 9.71. The number of thiazole rings is 1. The first-order valence-corrected chi connectivity index (χ1v) is 11.6. The smallest absolute Gasteiger partial charge is 0.236 e. The number of hydrogen-bond donors (Lipinski definition) is 2. The second-order valence-corrected chi connectivity index (χ2v) is 8.60. The van der Waals surface area contributed by atoms with Gasteiger partial charge in [-0.3, -0.25) is 9.36 Å². The minimum absolute atomic E-state index is 0.150. The van der Waals surface area contributed by atoms with Crippen molar-refractivity contribution in [3.05, 3.63) is 66.3 Å². The molecule has 5 aromatic rings. The highest BCUT2D eigenvalue weighted by Gasteiger charge is 2.20. The van der Waals surface area contributed by atoms with Crippen LogP contribution in [0, 0.1) is 0 Å². The highest BCUT2D eigenvalue weighted by Crippen LogP contribution is 2.33. The molecule has 0 saturated heterocycles. The molecule has 10 heteroatoms. The third-order valence-electron chi connectivity index (χ3n) is 4.81. The number of aromatic amines is 1. The van der Waals surface area contributed by atoms with Crippen molar-refractivity contribution in [2.24, 2.45) is 0 Å². The fraction of sp³-hybridized carbons (Fsp3) is 0.0909. The zero-order chi connectivity index (χ0) is 21.9. The van der Waals surface area contributed by atoms with Crippen LogP contribution in [0.3, 0.4) is 0 Å². The fourth-order valence-corrected chi connectivity index (χ4v) is 4.63. The Kier molecular flexibility index (Phi) is 5.61. The molecule has 160 valence electrons. The Morgan fingerprint density at radius 1 is 1.19 bits per heavy atom. The average molecular weight is 463 g/mol. The van der Waals surface area contributed by atoms with Crippen molar-refractivity contribution in [3.63, 3.8) is 0 Å². The summed E-state index contributed by atoms with van der Waals surface area (Å²) in [6, 6.07) is 15.7. The van der Waals surface area contributed by atoms with Crippen molar-refractivity contribution in [3.8, 4) is 22.8 Å². The molecule has 0 aliphatic carbocycles. The number of para-hydroxylation sites is 1. The number of ether oxygens (including phenoxy) is 1. The van der Waals surface area contributed by atoms with Gasteiger partial charge in [-0.2, -0.15) is 0 Å². The minimum atomic E-state index is -0.150. The summed E-state index contributed by atoms with van der Waals surface area (Å²) in [5.41, 5.74) is 2.82. The maximum atomic E-state index is 12.4. The first-order chi connectivity index (χ1) is 15.7. The van der Waals surface area contributed by atoms with Crippen LogP contribution in [-0.2, 0) is 4.79 Å². The number of benzene rings is 2. The molecule has 5 rings (SSSR count). The number of fused-ring (bicyclic) bond motifs is 1. The van der Waals surface area contributed by atoms with Gasteiger partial charge < -0.3 is 15.0 Å². The largest absolute Gasteiger partial charge is 0.497 e. The van der Waals surface area contributed by atoms with Crippen LogP contribution in [0.4, 0.5) is 5.13 Å². The molecule has 8 nitrogen and oxygen atoms in total. The lowest BCUT2D eigenvalue weighted by molar-refractivity contribution is -0.113. The summed E-state index contributed by atoms with van der Waals surface area (Å²) in [6.45, 7) is 0. The molecule has 2 aromatic carbocycles. The van der Waals surface area contributed by atoms with E-state index >= 15 is 0 Å². The van der Waals surface area contributed by atoms with E-state index in [2.05, 4.69) is 25.5 Å². The van der Waals surface area contributed by atoms with E-state index in [9.17, 15) is 4.79 Å². The zero-order valence-electron chi connectivity index (χ0n) is 17.0. The molecule has 32 heavy (non-hydrogen) atoms. The number of anilines is 1. The van der Waals surface area contributed by atoms with Gasteiger partial charge in [-0.1, -0.05) is 30.0 Å². The molecule has 0 fully saturated rings. The van der Waals surface area contributed by atoms with E-state index in [1.54, 1.807) is 13.3 Å². The predicted octanol–water partition coefficient (Wildman–Crippen LogP) is 4.61. The van der Waals surface area contributed by atoms with Gasteiger partial charge in [0.2, 0.25) is 5.91 Å². The summed E-state index contributed by atoms with van der Waals surface area (Å²) >= 11 is 2.70. The maximum Gasteiger partial charge on any atom is 0.236 e. The standard InChI is InChI=1S/C22H18N6O2S2/c1-30-15-8-6-14(7-9-15)28-20(17-12-24-18-5-3-2-4-16(17)18)26-27-22(28)32-13-19(29)25-21-23-10-11-31-21/h2-12,24H,13H2,1H3,(H,23,25,29). The topological polar surface area (TPSA) is 97.7 Å². The molecule has 3 aromatic heterocycles. The molecule has 0 saturated carbocycles. The van der Waals surface area contributed by atoms with Crippen LogP contribution in [0.25, 0.3) is 28.0 Å². The summed E-state index contributed by atoms with van der Waals surface area (Å²) in [6.07, 6.45) is 3.58. The number of carbonyl (C=O) groups is 1. The Hall–Kier alpha value is -3.63. The van der Waals surface area contributed by atoms with E-state index in [1.165, 1.54) is 23.1 Å². The number of nitrogens with zero attached hydrogens (tertiary/aromatic N) is 4. The summed E-state index contributed by atoms with van der Waals surface area (Å²) in [5, 5.41) is 15.7. The number of amides is 1. The molecule has 0 bridgehead atoms. The number of carbonyl (C=O) groups excluding carboxylic acids is 1. The van der Waals surface area contributed by atoms with Gasteiger partial charge in [-0.25, -0.2) is 4.98 Å². The Labute approximate surface area is 191 Å². The third kappa shape index (κ3) is 3.97. The van der Waals surface area contributed by atoms with E-state index in [0.717, 1.165) is 27.9 Å². The molecule has 0 aliphatic rings. The van der Waals surface area contributed by atoms with Gasteiger partial charge >= 0.3 is 0 Å². The summed E-state index contributed by atoms with van der Waals surface area (Å²) in [5.74, 6) is 1.48. The number of methoxy groups -OCH3 is 1. The summed E-state index contributed by atoms with van der Waals surface area (Å²) in [7, 11) is 1.63. The second-order valence-electron chi connectivity index (χ2n) is 6.76. The molecule has 1 amide bonds. The van der Waals surface area contributed by atoms with Crippen LogP contribution in [0.1, 0.15) is 0 Å². The Morgan fingerprint density at radius 2 is 2.03 bits per heavy atom. The molecule has 0 unspecified atom stereocenters. The highest BCUT2D eigenvalue weighted by molar-refractivity contribution is 7.99. The Morgan fingerprint density at radius 3 is 2.81 bits per heavy atom. The third-order valence-corrected chi connectivity index (χ3v) is 6.42.